The van der Waals surface area contributed by atoms with Crippen molar-refractivity contribution in [1.29, 1.82) is 0 Å². The molecule has 118 valence electrons. The Morgan fingerprint density at radius 2 is 2.23 bits per heavy atom. The highest BCUT2D eigenvalue weighted by molar-refractivity contribution is 5.51. The van der Waals surface area contributed by atoms with Gasteiger partial charge in [0, 0.05) is 13.6 Å². The molecule has 0 fully saturated rings. The van der Waals surface area contributed by atoms with Crippen molar-refractivity contribution in [2.24, 2.45) is 7.05 Å². The van der Waals surface area contributed by atoms with Crippen LogP contribution >= 0.6 is 0 Å². The highest BCUT2D eigenvalue weighted by Gasteiger charge is 2.30. The number of rotatable bonds is 5. The van der Waals surface area contributed by atoms with E-state index >= 15 is 0 Å². The summed E-state index contributed by atoms with van der Waals surface area (Å²) in [5, 5.41) is 7.70. The van der Waals surface area contributed by atoms with E-state index in [1.807, 2.05) is 20.2 Å². The first-order valence-corrected chi connectivity index (χ1v) is 7.66. The first-order valence-electron chi connectivity index (χ1n) is 7.66. The highest BCUT2D eigenvalue weighted by Crippen LogP contribution is 2.36. The van der Waals surface area contributed by atoms with Gasteiger partial charge in [-0.25, -0.2) is 0 Å². The van der Waals surface area contributed by atoms with E-state index < -0.39 is 0 Å². The molecular formula is C17H23N3O2. The van der Waals surface area contributed by atoms with E-state index in [0.717, 1.165) is 12.2 Å². The standard InChI is InChI=1S/C17H23N3O2/c1-5-21-16-15(10-20(4)19-16)18-9-12-6-7-14-13(8-12)11-22-17(14,2)3/h6-8,10,18H,5,9,11H2,1-4H3. The zero-order valence-corrected chi connectivity index (χ0v) is 13.6. The van der Waals surface area contributed by atoms with E-state index in [9.17, 15) is 0 Å². The van der Waals surface area contributed by atoms with Crippen molar-refractivity contribution in [3.8, 4) is 5.88 Å². The van der Waals surface area contributed by atoms with Crippen molar-refractivity contribution in [1.82, 2.24) is 9.78 Å². The summed E-state index contributed by atoms with van der Waals surface area (Å²) in [5.41, 5.74) is 4.54. The summed E-state index contributed by atoms with van der Waals surface area (Å²) in [6.45, 7) is 8.21. The second-order valence-corrected chi connectivity index (χ2v) is 6.10. The normalized spacial score (nSPS) is 15.6. The van der Waals surface area contributed by atoms with Gasteiger partial charge >= 0.3 is 0 Å². The van der Waals surface area contributed by atoms with E-state index in [4.69, 9.17) is 9.47 Å². The molecule has 1 aliphatic rings. The molecule has 0 spiro atoms. The maximum Gasteiger partial charge on any atom is 0.256 e. The summed E-state index contributed by atoms with van der Waals surface area (Å²) in [4.78, 5) is 0. The Morgan fingerprint density at radius 3 is 3.00 bits per heavy atom. The topological polar surface area (TPSA) is 48.3 Å². The number of fused-ring (bicyclic) bond motifs is 1. The van der Waals surface area contributed by atoms with Gasteiger partial charge in [-0.1, -0.05) is 18.2 Å². The second-order valence-electron chi connectivity index (χ2n) is 6.10. The molecule has 0 unspecified atom stereocenters. The van der Waals surface area contributed by atoms with E-state index in [1.54, 1.807) is 4.68 Å². The number of benzene rings is 1. The molecule has 1 aromatic heterocycles. The van der Waals surface area contributed by atoms with Crippen LogP contribution in [0, 0.1) is 0 Å². The zero-order chi connectivity index (χ0) is 15.7. The molecule has 1 aromatic carbocycles. The first-order chi connectivity index (χ1) is 10.5. The molecular weight excluding hydrogens is 278 g/mol. The van der Waals surface area contributed by atoms with Gasteiger partial charge in [-0.3, -0.25) is 4.68 Å². The van der Waals surface area contributed by atoms with Crippen LogP contribution in [0.3, 0.4) is 0 Å². The molecule has 0 aliphatic carbocycles. The Morgan fingerprint density at radius 1 is 1.41 bits per heavy atom. The Kier molecular flexibility index (Phi) is 3.83. The van der Waals surface area contributed by atoms with Gasteiger partial charge in [-0.15, -0.1) is 5.10 Å². The molecule has 0 atom stereocenters. The summed E-state index contributed by atoms with van der Waals surface area (Å²) in [5.74, 6) is 0.649. The lowest BCUT2D eigenvalue weighted by Crippen LogP contribution is -2.14. The fraction of sp³-hybridized carbons (Fsp3) is 0.471. The fourth-order valence-electron chi connectivity index (χ4n) is 2.83. The van der Waals surface area contributed by atoms with Crippen molar-refractivity contribution in [2.75, 3.05) is 11.9 Å². The predicted molar refractivity (Wildman–Crippen MR) is 86.0 cm³/mol. The van der Waals surface area contributed by atoms with E-state index in [0.29, 0.717) is 19.1 Å². The number of hydrogen-bond donors (Lipinski definition) is 1. The number of ether oxygens (including phenoxy) is 2. The van der Waals surface area contributed by atoms with Crippen LogP contribution in [0.1, 0.15) is 37.5 Å². The average Bonchev–Trinajstić information content (AvgIpc) is 2.97. The molecule has 3 rings (SSSR count). The molecule has 22 heavy (non-hydrogen) atoms. The van der Waals surface area contributed by atoms with Gasteiger partial charge < -0.3 is 14.8 Å². The third-order valence-corrected chi connectivity index (χ3v) is 3.97. The Bertz CT molecular complexity index is 677. The van der Waals surface area contributed by atoms with Gasteiger partial charge in [0.1, 0.15) is 5.69 Å². The number of aromatic nitrogens is 2. The lowest BCUT2D eigenvalue weighted by atomic mass is 9.95. The minimum atomic E-state index is -0.174. The van der Waals surface area contributed by atoms with Crippen LogP contribution < -0.4 is 10.1 Å². The number of aryl methyl sites for hydroxylation is 1. The molecule has 1 N–H and O–H groups in total. The summed E-state index contributed by atoms with van der Waals surface area (Å²) >= 11 is 0. The van der Waals surface area contributed by atoms with Gasteiger partial charge in [-0.05, 0) is 37.5 Å². The molecule has 0 amide bonds. The summed E-state index contributed by atoms with van der Waals surface area (Å²) in [7, 11) is 1.89. The van der Waals surface area contributed by atoms with Gasteiger partial charge in [0.15, 0.2) is 0 Å². The van der Waals surface area contributed by atoms with Crippen LogP contribution in [0.15, 0.2) is 24.4 Å². The minimum Gasteiger partial charge on any atom is -0.475 e. The molecule has 0 radical (unpaired) electrons. The van der Waals surface area contributed by atoms with Crippen molar-refractivity contribution >= 4 is 5.69 Å². The summed E-state index contributed by atoms with van der Waals surface area (Å²) in [6, 6.07) is 6.54. The molecule has 5 heteroatoms. The van der Waals surface area contributed by atoms with Crippen LogP contribution in [0.2, 0.25) is 0 Å². The molecule has 5 nitrogen and oxygen atoms in total. The molecule has 0 bridgehead atoms. The lowest BCUT2D eigenvalue weighted by molar-refractivity contribution is -0.00789. The molecule has 1 aliphatic heterocycles. The second kappa shape index (κ2) is 5.65. The smallest absolute Gasteiger partial charge is 0.256 e. The maximum absolute atomic E-state index is 5.83. The quantitative estimate of drug-likeness (QED) is 0.921. The molecule has 2 aromatic rings. The Labute approximate surface area is 131 Å². The minimum absolute atomic E-state index is 0.174. The summed E-state index contributed by atoms with van der Waals surface area (Å²) < 4.78 is 13.1. The van der Waals surface area contributed by atoms with Gasteiger partial charge in [-0.2, -0.15) is 0 Å². The number of hydrogen-bond acceptors (Lipinski definition) is 4. The Balaban J connectivity index is 1.73. The van der Waals surface area contributed by atoms with Crippen LogP contribution in [0.5, 0.6) is 5.88 Å². The highest BCUT2D eigenvalue weighted by atomic mass is 16.5. The predicted octanol–water partition coefficient (Wildman–Crippen LogP) is 3.20. The van der Waals surface area contributed by atoms with Crippen LogP contribution in [-0.2, 0) is 30.5 Å². The largest absolute Gasteiger partial charge is 0.475 e. The van der Waals surface area contributed by atoms with Crippen LogP contribution in [-0.4, -0.2) is 16.4 Å². The Hall–Kier alpha value is -2.01. The van der Waals surface area contributed by atoms with Crippen molar-refractivity contribution in [2.45, 2.75) is 39.5 Å². The zero-order valence-electron chi connectivity index (χ0n) is 13.6. The average molecular weight is 301 g/mol. The van der Waals surface area contributed by atoms with Crippen LogP contribution in [0.25, 0.3) is 0 Å². The van der Waals surface area contributed by atoms with Crippen molar-refractivity contribution < 1.29 is 9.47 Å². The van der Waals surface area contributed by atoms with Gasteiger partial charge in [0.05, 0.1) is 25.0 Å². The monoisotopic (exact) mass is 301 g/mol. The molecule has 2 heterocycles. The molecule has 0 saturated carbocycles. The lowest BCUT2D eigenvalue weighted by Gasteiger charge is -2.18. The van der Waals surface area contributed by atoms with Gasteiger partial charge in [0.2, 0.25) is 0 Å². The van der Waals surface area contributed by atoms with E-state index in [2.05, 4.69) is 42.5 Å². The van der Waals surface area contributed by atoms with Crippen molar-refractivity contribution in [3.05, 3.63) is 41.1 Å². The SMILES string of the molecule is CCOc1nn(C)cc1NCc1ccc2c(c1)COC2(C)C. The van der Waals surface area contributed by atoms with Crippen LogP contribution in [0.4, 0.5) is 5.69 Å². The van der Waals surface area contributed by atoms with Crippen molar-refractivity contribution in [3.63, 3.8) is 0 Å². The van der Waals surface area contributed by atoms with Gasteiger partial charge in [0.25, 0.3) is 5.88 Å². The first kappa shape index (κ1) is 14.9. The number of anilines is 1. The fourth-order valence-corrected chi connectivity index (χ4v) is 2.83. The maximum atomic E-state index is 5.83. The third-order valence-electron chi connectivity index (χ3n) is 3.97. The van der Waals surface area contributed by atoms with E-state index in [-0.39, 0.29) is 5.60 Å². The summed E-state index contributed by atoms with van der Waals surface area (Å²) in [6.07, 6.45) is 1.94. The third kappa shape index (κ3) is 2.81. The van der Waals surface area contributed by atoms with E-state index in [1.165, 1.54) is 16.7 Å². The number of nitrogens with one attached hydrogen (secondary N) is 1. The number of nitrogens with zero attached hydrogens (tertiary/aromatic N) is 2. The molecule has 0 saturated heterocycles.